The summed E-state index contributed by atoms with van der Waals surface area (Å²) in [5, 5.41) is 6.19. The van der Waals surface area contributed by atoms with Crippen molar-refractivity contribution < 1.29 is 9.53 Å². The molecule has 0 heterocycles. The third-order valence-corrected chi connectivity index (χ3v) is 3.62. The highest BCUT2D eigenvalue weighted by Crippen LogP contribution is 2.16. The SMILES string of the molecule is COCCCNC(=O)C(C)N[C@H](C)c1ccc(Br)cc1. The minimum absolute atomic E-state index is 0.0186. The van der Waals surface area contributed by atoms with Crippen LogP contribution in [0.3, 0.4) is 0 Å². The highest BCUT2D eigenvalue weighted by Gasteiger charge is 2.15. The van der Waals surface area contributed by atoms with Crippen molar-refractivity contribution in [3.63, 3.8) is 0 Å². The maximum absolute atomic E-state index is 11.9. The van der Waals surface area contributed by atoms with Gasteiger partial charge >= 0.3 is 0 Å². The summed E-state index contributed by atoms with van der Waals surface area (Å²) in [4.78, 5) is 11.9. The van der Waals surface area contributed by atoms with E-state index in [0.29, 0.717) is 13.2 Å². The molecule has 4 nitrogen and oxygen atoms in total. The Hall–Kier alpha value is -0.910. The molecule has 0 saturated carbocycles. The van der Waals surface area contributed by atoms with E-state index in [2.05, 4.69) is 33.5 Å². The van der Waals surface area contributed by atoms with Crippen LogP contribution in [0.1, 0.15) is 31.9 Å². The molecule has 2 atom stereocenters. The second-order valence-corrected chi connectivity index (χ2v) is 5.71. The number of nitrogens with one attached hydrogen (secondary N) is 2. The summed E-state index contributed by atoms with van der Waals surface area (Å²) < 4.78 is 6.00. The Morgan fingerprint density at radius 1 is 1.30 bits per heavy atom. The van der Waals surface area contributed by atoms with Crippen molar-refractivity contribution in [1.29, 1.82) is 0 Å². The van der Waals surface area contributed by atoms with Crippen LogP contribution in [0.5, 0.6) is 0 Å². The number of rotatable bonds is 8. The fraction of sp³-hybridized carbons (Fsp3) is 0.533. The zero-order valence-corrected chi connectivity index (χ0v) is 13.9. The average Bonchev–Trinajstić information content (AvgIpc) is 2.44. The largest absolute Gasteiger partial charge is 0.385 e. The van der Waals surface area contributed by atoms with Crippen molar-refractivity contribution in [2.45, 2.75) is 32.4 Å². The van der Waals surface area contributed by atoms with Gasteiger partial charge in [0.25, 0.3) is 0 Å². The maximum atomic E-state index is 11.9. The Kier molecular flexibility index (Phi) is 7.80. The summed E-state index contributed by atoms with van der Waals surface area (Å²) in [5.41, 5.74) is 1.16. The van der Waals surface area contributed by atoms with E-state index in [9.17, 15) is 4.79 Å². The van der Waals surface area contributed by atoms with Crippen molar-refractivity contribution in [3.8, 4) is 0 Å². The highest BCUT2D eigenvalue weighted by molar-refractivity contribution is 9.10. The lowest BCUT2D eigenvalue weighted by molar-refractivity contribution is -0.122. The van der Waals surface area contributed by atoms with Gasteiger partial charge in [0.05, 0.1) is 6.04 Å². The van der Waals surface area contributed by atoms with E-state index in [1.807, 2.05) is 31.2 Å². The molecule has 0 aliphatic rings. The summed E-state index contributed by atoms with van der Waals surface area (Å²) in [6.45, 7) is 5.24. The van der Waals surface area contributed by atoms with Gasteiger partial charge in [0.1, 0.15) is 0 Å². The van der Waals surface area contributed by atoms with E-state index in [-0.39, 0.29) is 18.0 Å². The van der Waals surface area contributed by atoms with Gasteiger partial charge in [0.2, 0.25) is 5.91 Å². The Morgan fingerprint density at radius 3 is 2.55 bits per heavy atom. The van der Waals surface area contributed by atoms with Crippen LogP contribution in [0.2, 0.25) is 0 Å². The summed E-state index contributed by atoms with van der Waals surface area (Å²) in [6.07, 6.45) is 0.831. The Balaban J connectivity index is 2.38. The Labute approximate surface area is 129 Å². The van der Waals surface area contributed by atoms with Gasteiger partial charge in [-0.05, 0) is 38.0 Å². The Morgan fingerprint density at radius 2 is 1.95 bits per heavy atom. The molecular formula is C15H23BrN2O2. The quantitative estimate of drug-likeness (QED) is 0.714. The molecule has 0 radical (unpaired) electrons. The van der Waals surface area contributed by atoms with E-state index in [1.54, 1.807) is 7.11 Å². The van der Waals surface area contributed by atoms with Gasteiger partial charge in [0.15, 0.2) is 0 Å². The van der Waals surface area contributed by atoms with Gasteiger partial charge < -0.3 is 10.1 Å². The lowest BCUT2D eigenvalue weighted by atomic mass is 10.1. The first-order valence-corrected chi connectivity index (χ1v) is 7.62. The molecular weight excluding hydrogens is 320 g/mol. The van der Waals surface area contributed by atoms with Crippen molar-refractivity contribution in [2.24, 2.45) is 0 Å². The van der Waals surface area contributed by atoms with E-state index in [1.165, 1.54) is 0 Å². The monoisotopic (exact) mass is 342 g/mol. The van der Waals surface area contributed by atoms with E-state index in [0.717, 1.165) is 16.5 Å². The lowest BCUT2D eigenvalue weighted by Crippen LogP contribution is -2.43. The smallest absolute Gasteiger partial charge is 0.236 e. The second kappa shape index (κ2) is 9.10. The second-order valence-electron chi connectivity index (χ2n) is 4.80. The van der Waals surface area contributed by atoms with Crippen LogP contribution in [0.15, 0.2) is 28.7 Å². The maximum Gasteiger partial charge on any atom is 0.236 e. The molecule has 1 unspecified atom stereocenters. The van der Waals surface area contributed by atoms with Gasteiger partial charge in [-0.1, -0.05) is 28.1 Å². The zero-order valence-electron chi connectivity index (χ0n) is 12.3. The first kappa shape index (κ1) is 17.1. The molecule has 0 bridgehead atoms. The van der Waals surface area contributed by atoms with Crippen LogP contribution in [-0.4, -0.2) is 32.2 Å². The number of carbonyl (C=O) groups is 1. The Bertz CT molecular complexity index is 409. The molecule has 112 valence electrons. The predicted octanol–water partition coefficient (Wildman–Crippen LogP) is 2.64. The number of halogens is 1. The van der Waals surface area contributed by atoms with Gasteiger partial charge in [-0.3, -0.25) is 10.1 Å². The molecule has 1 aromatic rings. The minimum atomic E-state index is -0.226. The van der Waals surface area contributed by atoms with Crippen molar-refractivity contribution in [3.05, 3.63) is 34.3 Å². The predicted molar refractivity (Wildman–Crippen MR) is 84.7 cm³/mol. The number of hydrogen-bond donors (Lipinski definition) is 2. The molecule has 20 heavy (non-hydrogen) atoms. The number of methoxy groups -OCH3 is 1. The summed E-state index contributed by atoms with van der Waals surface area (Å²) in [7, 11) is 1.66. The van der Waals surface area contributed by atoms with E-state index < -0.39 is 0 Å². The van der Waals surface area contributed by atoms with Crippen molar-refractivity contribution >= 4 is 21.8 Å². The first-order valence-electron chi connectivity index (χ1n) is 6.82. The normalized spacial score (nSPS) is 13.8. The molecule has 1 amide bonds. The molecule has 0 aliphatic heterocycles. The summed E-state index contributed by atoms with van der Waals surface area (Å²) in [6, 6.07) is 8.00. The molecule has 5 heteroatoms. The van der Waals surface area contributed by atoms with Crippen LogP contribution < -0.4 is 10.6 Å². The fourth-order valence-corrected chi connectivity index (χ4v) is 2.14. The number of benzene rings is 1. The summed E-state index contributed by atoms with van der Waals surface area (Å²) in [5.74, 6) is 0.0186. The number of amides is 1. The van der Waals surface area contributed by atoms with Gasteiger partial charge in [0, 0.05) is 30.8 Å². The van der Waals surface area contributed by atoms with Crippen molar-refractivity contribution in [2.75, 3.05) is 20.3 Å². The topological polar surface area (TPSA) is 50.4 Å². The first-order chi connectivity index (χ1) is 9.54. The standard InChI is InChI=1S/C15H23BrN2O2/c1-11(13-5-7-14(16)8-6-13)18-12(2)15(19)17-9-4-10-20-3/h5-8,11-12,18H,4,9-10H2,1-3H3,(H,17,19)/t11-,12?/m1/s1. The van der Waals surface area contributed by atoms with Crippen LogP contribution in [-0.2, 0) is 9.53 Å². The number of ether oxygens (including phenoxy) is 1. The molecule has 1 rings (SSSR count). The molecule has 1 aromatic carbocycles. The molecule has 0 saturated heterocycles. The third kappa shape index (κ3) is 6.03. The van der Waals surface area contributed by atoms with Gasteiger partial charge in [-0.2, -0.15) is 0 Å². The molecule has 0 spiro atoms. The fourth-order valence-electron chi connectivity index (χ4n) is 1.88. The minimum Gasteiger partial charge on any atom is -0.385 e. The lowest BCUT2D eigenvalue weighted by Gasteiger charge is -2.20. The van der Waals surface area contributed by atoms with E-state index >= 15 is 0 Å². The zero-order chi connectivity index (χ0) is 15.0. The van der Waals surface area contributed by atoms with Gasteiger partial charge in [-0.15, -0.1) is 0 Å². The van der Waals surface area contributed by atoms with Gasteiger partial charge in [-0.25, -0.2) is 0 Å². The number of carbonyl (C=O) groups excluding carboxylic acids is 1. The van der Waals surface area contributed by atoms with Crippen LogP contribution >= 0.6 is 15.9 Å². The van der Waals surface area contributed by atoms with E-state index in [4.69, 9.17) is 4.74 Å². The van der Waals surface area contributed by atoms with Crippen LogP contribution in [0.4, 0.5) is 0 Å². The molecule has 0 fully saturated rings. The summed E-state index contributed by atoms with van der Waals surface area (Å²) >= 11 is 3.42. The van der Waals surface area contributed by atoms with Crippen molar-refractivity contribution in [1.82, 2.24) is 10.6 Å². The van der Waals surface area contributed by atoms with Crippen LogP contribution in [0.25, 0.3) is 0 Å². The molecule has 0 aromatic heterocycles. The molecule has 0 aliphatic carbocycles. The molecule has 2 N–H and O–H groups in total. The average molecular weight is 343 g/mol. The highest BCUT2D eigenvalue weighted by atomic mass is 79.9. The third-order valence-electron chi connectivity index (χ3n) is 3.09. The van der Waals surface area contributed by atoms with Crippen LogP contribution in [0, 0.1) is 0 Å². The number of hydrogen-bond acceptors (Lipinski definition) is 3.